The number of hydrogen-bond donors (Lipinski definition) is 1. The molecule has 12 heavy (non-hydrogen) atoms. The highest BCUT2D eigenvalue weighted by molar-refractivity contribution is 7.22. The number of rotatable bonds is 0. The first kappa shape index (κ1) is 7.07. The van der Waals surface area contributed by atoms with Gasteiger partial charge in [-0.15, -0.1) is 11.3 Å². The Bertz CT molecular complexity index is 467. The molecule has 0 aromatic carbocycles. The van der Waals surface area contributed by atoms with Crippen molar-refractivity contribution >= 4 is 26.6 Å². The summed E-state index contributed by atoms with van der Waals surface area (Å²) in [6, 6.07) is 5.63. The van der Waals surface area contributed by atoms with Crippen LogP contribution in [0, 0.1) is 11.3 Å². The average molecular weight is 175 g/mol. The van der Waals surface area contributed by atoms with Crippen molar-refractivity contribution in [3.05, 3.63) is 23.9 Å². The van der Waals surface area contributed by atoms with Gasteiger partial charge in [-0.3, -0.25) is 4.98 Å². The van der Waals surface area contributed by atoms with E-state index >= 15 is 0 Å². The minimum atomic E-state index is 0.573. The van der Waals surface area contributed by atoms with Crippen molar-refractivity contribution in [3.8, 4) is 6.07 Å². The molecule has 0 spiro atoms. The molecule has 0 saturated heterocycles. The van der Waals surface area contributed by atoms with Gasteiger partial charge >= 0.3 is 0 Å². The lowest BCUT2D eigenvalue weighted by Crippen LogP contribution is -1.76. The van der Waals surface area contributed by atoms with Gasteiger partial charge in [0.15, 0.2) is 0 Å². The Morgan fingerprint density at radius 1 is 1.50 bits per heavy atom. The molecule has 2 rings (SSSR count). The molecule has 0 bridgehead atoms. The molecule has 0 aliphatic carbocycles. The first-order valence-electron chi connectivity index (χ1n) is 3.35. The summed E-state index contributed by atoms with van der Waals surface area (Å²) < 4.78 is 0.964. The molecule has 0 saturated carbocycles. The van der Waals surface area contributed by atoms with E-state index in [9.17, 15) is 0 Å². The summed E-state index contributed by atoms with van der Waals surface area (Å²) in [4.78, 5) is 4.08. The van der Waals surface area contributed by atoms with Crippen LogP contribution in [0.5, 0.6) is 0 Å². The van der Waals surface area contributed by atoms with E-state index in [1.165, 1.54) is 11.3 Å². The number of thiophene rings is 1. The number of nitrogens with zero attached hydrogens (tertiary/aromatic N) is 2. The van der Waals surface area contributed by atoms with Crippen LogP contribution in [-0.2, 0) is 0 Å². The average Bonchev–Trinajstić information content (AvgIpc) is 2.43. The highest BCUT2D eigenvalue weighted by Crippen LogP contribution is 2.25. The van der Waals surface area contributed by atoms with Gasteiger partial charge in [0, 0.05) is 6.20 Å². The first-order chi connectivity index (χ1) is 5.79. The normalized spacial score (nSPS) is 9.92. The van der Waals surface area contributed by atoms with Crippen molar-refractivity contribution in [1.29, 1.82) is 5.26 Å². The number of fused-ring (bicyclic) bond motifs is 1. The molecular weight excluding hydrogens is 170 g/mol. The van der Waals surface area contributed by atoms with Crippen molar-refractivity contribution in [3.63, 3.8) is 0 Å². The molecule has 0 fully saturated rings. The smallest absolute Gasteiger partial charge is 0.101 e. The zero-order valence-corrected chi connectivity index (χ0v) is 6.93. The molecule has 4 heteroatoms. The zero-order valence-electron chi connectivity index (χ0n) is 6.11. The minimum absolute atomic E-state index is 0.573. The second kappa shape index (κ2) is 2.47. The fourth-order valence-electron chi connectivity index (χ4n) is 0.998. The van der Waals surface area contributed by atoms with Crippen molar-refractivity contribution in [2.45, 2.75) is 0 Å². The molecule has 0 aliphatic heterocycles. The third-order valence-corrected chi connectivity index (χ3v) is 2.42. The molecule has 2 aromatic rings. The predicted molar refractivity (Wildman–Crippen MR) is 48.7 cm³/mol. The van der Waals surface area contributed by atoms with Crippen molar-refractivity contribution in [1.82, 2.24) is 4.98 Å². The van der Waals surface area contributed by atoms with Gasteiger partial charge in [0.05, 0.1) is 20.8 Å². The van der Waals surface area contributed by atoms with Crippen molar-refractivity contribution in [2.24, 2.45) is 0 Å². The zero-order chi connectivity index (χ0) is 8.55. The second-order valence-corrected chi connectivity index (χ2v) is 3.48. The summed E-state index contributed by atoms with van der Waals surface area (Å²) in [7, 11) is 0. The summed E-state index contributed by atoms with van der Waals surface area (Å²) in [6.45, 7) is 0. The maximum Gasteiger partial charge on any atom is 0.101 e. The standard InChI is InChI=1S/C8H5N3S/c9-3-5-1-7-6(11-4-5)2-8(10)12-7/h1-2,4H,10H2. The van der Waals surface area contributed by atoms with Crippen molar-refractivity contribution in [2.75, 3.05) is 5.73 Å². The van der Waals surface area contributed by atoms with Gasteiger partial charge in [0.2, 0.25) is 0 Å². The Morgan fingerprint density at radius 3 is 3.08 bits per heavy atom. The molecule has 2 N–H and O–H groups in total. The fraction of sp³-hybridized carbons (Fsp3) is 0. The van der Waals surface area contributed by atoms with E-state index in [1.54, 1.807) is 18.3 Å². The lowest BCUT2D eigenvalue weighted by atomic mass is 10.3. The maximum atomic E-state index is 8.59. The molecule has 0 aliphatic rings. The summed E-state index contributed by atoms with van der Waals surface area (Å²) in [5.41, 5.74) is 7.01. The van der Waals surface area contributed by atoms with Crippen LogP contribution in [0.2, 0.25) is 0 Å². The van der Waals surface area contributed by atoms with E-state index in [0.29, 0.717) is 5.56 Å². The molecule has 3 nitrogen and oxygen atoms in total. The van der Waals surface area contributed by atoms with Gasteiger partial charge in [-0.2, -0.15) is 5.26 Å². The van der Waals surface area contributed by atoms with Crippen LogP contribution >= 0.6 is 11.3 Å². The summed E-state index contributed by atoms with van der Waals surface area (Å²) in [5.74, 6) is 0. The topological polar surface area (TPSA) is 62.7 Å². The van der Waals surface area contributed by atoms with Crippen LogP contribution in [0.4, 0.5) is 5.00 Å². The Labute approximate surface area is 73.1 Å². The number of aromatic nitrogens is 1. The molecule has 2 heterocycles. The number of nitrogens with two attached hydrogens (primary N) is 1. The van der Waals surface area contributed by atoms with Crippen molar-refractivity contribution < 1.29 is 0 Å². The molecular formula is C8H5N3S. The van der Waals surface area contributed by atoms with Crippen LogP contribution in [0.1, 0.15) is 5.56 Å². The Kier molecular flexibility index (Phi) is 1.45. The van der Waals surface area contributed by atoms with Crippen LogP contribution < -0.4 is 5.73 Å². The van der Waals surface area contributed by atoms with E-state index in [1.807, 2.05) is 6.07 Å². The largest absolute Gasteiger partial charge is 0.391 e. The van der Waals surface area contributed by atoms with Gasteiger partial charge in [-0.1, -0.05) is 0 Å². The number of nitriles is 1. The van der Waals surface area contributed by atoms with Gasteiger partial charge in [-0.25, -0.2) is 0 Å². The number of anilines is 1. The minimum Gasteiger partial charge on any atom is -0.391 e. The molecule has 0 atom stereocenters. The highest BCUT2D eigenvalue weighted by atomic mass is 32.1. The van der Waals surface area contributed by atoms with E-state index in [2.05, 4.69) is 4.98 Å². The maximum absolute atomic E-state index is 8.59. The SMILES string of the molecule is N#Cc1cnc2cc(N)sc2c1. The van der Waals surface area contributed by atoms with Crippen LogP contribution in [-0.4, -0.2) is 4.98 Å². The number of pyridine rings is 1. The van der Waals surface area contributed by atoms with Crippen LogP contribution in [0.25, 0.3) is 10.2 Å². The molecule has 0 radical (unpaired) electrons. The molecule has 2 aromatic heterocycles. The van der Waals surface area contributed by atoms with Gasteiger partial charge in [0.1, 0.15) is 6.07 Å². The summed E-state index contributed by atoms with van der Waals surface area (Å²) >= 11 is 1.45. The van der Waals surface area contributed by atoms with E-state index < -0.39 is 0 Å². The third-order valence-electron chi connectivity index (χ3n) is 1.52. The summed E-state index contributed by atoms with van der Waals surface area (Å²) in [5, 5.41) is 9.32. The Morgan fingerprint density at radius 2 is 2.33 bits per heavy atom. The van der Waals surface area contributed by atoms with E-state index in [0.717, 1.165) is 15.2 Å². The number of nitrogen functional groups attached to an aromatic ring is 1. The van der Waals surface area contributed by atoms with Gasteiger partial charge in [-0.05, 0) is 12.1 Å². The first-order valence-corrected chi connectivity index (χ1v) is 4.16. The quantitative estimate of drug-likeness (QED) is 0.663. The lowest BCUT2D eigenvalue weighted by Gasteiger charge is -1.87. The Hall–Kier alpha value is -1.60. The predicted octanol–water partition coefficient (Wildman–Crippen LogP) is 1.75. The van der Waals surface area contributed by atoms with Crippen LogP contribution in [0.15, 0.2) is 18.3 Å². The lowest BCUT2D eigenvalue weighted by molar-refractivity contribution is 1.38. The molecule has 0 unspecified atom stereocenters. The Balaban J connectivity index is 2.77. The molecule has 58 valence electrons. The summed E-state index contributed by atoms with van der Waals surface area (Å²) in [6.07, 6.45) is 1.55. The molecule has 0 amide bonds. The fourth-order valence-corrected chi connectivity index (χ4v) is 1.82. The third kappa shape index (κ3) is 1.00. The van der Waals surface area contributed by atoms with E-state index in [-0.39, 0.29) is 0 Å². The highest BCUT2D eigenvalue weighted by Gasteiger charge is 2.00. The van der Waals surface area contributed by atoms with Gasteiger partial charge in [0.25, 0.3) is 0 Å². The monoisotopic (exact) mass is 175 g/mol. The van der Waals surface area contributed by atoms with Gasteiger partial charge < -0.3 is 5.73 Å². The van der Waals surface area contributed by atoms with Crippen LogP contribution in [0.3, 0.4) is 0 Å². The number of hydrogen-bond acceptors (Lipinski definition) is 4. The van der Waals surface area contributed by atoms with E-state index in [4.69, 9.17) is 11.0 Å². The second-order valence-electron chi connectivity index (χ2n) is 2.37.